The first-order chi connectivity index (χ1) is 9.60. The molecule has 1 aromatic carbocycles. The summed E-state index contributed by atoms with van der Waals surface area (Å²) in [6, 6.07) is 4.60. The van der Waals surface area contributed by atoms with Gasteiger partial charge in [-0.3, -0.25) is 9.59 Å². The normalized spacial score (nSPS) is 11.1. The van der Waals surface area contributed by atoms with E-state index in [4.69, 9.17) is 11.6 Å². The fraction of sp³-hybridized carbons (Fsp3) is 0.333. The average molecular weight is 435 g/mol. The molecule has 4 nitrogen and oxygen atoms in total. The van der Waals surface area contributed by atoms with Crippen molar-refractivity contribution in [3.05, 3.63) is 32.4 Å². The van der Waals surface area contributed by atoms with Crippen LogP contribution in [0.1, 0.15) is 10.4 Å². The lowest BCUT2D eigenvalue weighted by molar-refractivity contribution is -0.138. The van der Waals surface area contributed by atoms with Crippen molar-refractivity contribution in [2.24, 2.45) is 0 Å². The fourth-order valence-electron chi connectivity index (χ4n) is 1.39. The molecular formula is C12H11ClF3IN2O2. The zero-order chi connectivity index (χ0) is 16.2. The number of hydrogen-bond donors (Lipinski definition) is 1. The molecule has 0 bridgehead atoms. The Labute approximate surface area is 137 Å². The molecule has 0 aliphatic carbocycles. The summed E-state index contributed by atoms with van der Waals surface area (Å²) >= 11 is 7.88. The van der Waals surface area contributed by atoms with Gasteiger partial charge in [0.1, 0.15) is 6.54 Å². The number of alkyl halides is 3. The van der Waals surface area contributed by atoms with Crippen molar-refractivity contribution in [2.45, 2.75) is 6.18 Å². The van der Waals surface area contributed by atoms with Crippen LogP contribution in [0.2, 0.25) is 5.02 Å². The largest absolute Gasteiger partial charge is 0.405 e. The minimum Gasteiger partial charge on any atom is -0.345 e. The van der Waals surface area contributed by atoms with Gasteiger partial charge in [0.15, 0.2) is 0 Å². The third-order valence-corrected chi connectivity index (χ3v) is 3.95. The van der Waals surface area contributed by atoms with Crippen LogP contribution in [-0.2, 0) is 4.79 Å². The molecule has 1 rings (SSSR count). The minimum atomic E-state index is -4.48. The van der Waals surface area contributed by atoms with Gasteiger partial charge in [0.25, 0.3) is 5.91 Å². The molecule has 116 valence electrons. The van der Waals surface area contributed by atoms with Crippen molar-refractivity contribution >= 4 is 46.0 Å². The van der Waals surface area contributed by atoms with E-state index in [1.165, 1.54) is 19.2 Å². The van der Waals surface area contributed by atoms with Crippen LogP contribution in [0.25, 0.3) is 0 Å². The Morgan fingerprint density at radius 2 is 2.00 bits per heavy atom. The van der Waals surface area contributed by atoms with Crippen molar-refractivity contribution in [3.63, 3.8) is 0 Å². The number of carbonyl (C=O) groups is 2. The predicted molar refractivity (Wildman–Crippen MR) is 80.2 cm³/mol. The first-order valence-corrected chi connectivity index (χ1v) is 7.10. The van der Waals surface area contributed by atoms with Crippen LogP contribution < -0.4 is 5.32 Å². The van der Waals surface area contributed by atoms with Crippen LogP contribution in [0, 0.1) is 3.57 Å². The van der Waals surface area contributed by atoms with Crippen molar-refractivity contribution < 1.29 is 22.8 Å². The van der Waals surface area contributed by atoms with E-state index in [0.29, 0.717) is 5.02 Å². The number of halogens is 5. The van der Waals surface area contributed by atoms with Crippen LogP contribution in [0.3, 0.4) is 0 Å². The minimum absolute atomic E-state index is 0.256. The maximum Gasteiger partial charge on any atom is 0.405 e. The molecule has 0 radical (unpaired) electrons. The van der Waals surface area contributed by atoms with Crippen LogP contribution in [0.4, 0.5) is 13.2 Å². The summed E-state index contributed by atoms with van der Waals surface area (Å²) in [5.41, 5.74) is 0.256. The second kappa shape index (κ2) is 7.30. The summed E-state index contributed by atoms with van der Waals surface area (Å²) in [5.74, 6) is -1.39. The summed E-state index contributed by atoms with van der Waals surface area (Å²) in [7, 11) is 1.32. The summed E-state index contributed by atoms with van der Waals surface area (Å²) in [5, 5.41) is 2.08. The molecule has 1 aromatic rings. The highest BCUT2D eigenvalue weighted by Crippen LogP contribution is 2.20. The molecule has 21 heavy (non-hydrogen) atoms. The van der Waals surface area contributed by atoms with Gasteiger partial charge in [0, 0.05) is 16.2 Å². The molecule has 2 amide bonds. The number of rotatable bonds is 4. The monoisotopic (exact) mass is 434 g/mol. The van der Waals surface area contributed by atoms with Crippen LogP contribution >= 0.6 is 34.2 Å². The van der Waals surface area contributed by atoms with Gasteiger partial charge in [0.05, 0.1) is 11.6 Å². The highest BCUT2D eigenvalue weighted by Gasteiger charge is 2.28. The molecule has 0 unspecified atom stereocenters. The number of amides is 2. The maximum absolute atomic E-state index is 12.0. The Morgan fingerprint density at radius 3 is 2.52 bits per heavy atom. The van der Waals surface area contributed by atoms with Gasteiger partial charge >= 0.3 is 6.18 Å². The van der Waals surface area contributed by atoms with E-state index >= 15 is 0 Å². The molecule has 0 heterocycles. The number of hydrogen-bond acceptors (Lipinski definition) is 2. The first kappa shape index (κ1) is 18.0. The maximum atomic E-state index is 12.0. The lowest BCUT2D eigenvalue weighted by Crippen LogP contribution is -2.41. The molecule has 0 fully saturated rings. The molecule has 0 atom stereocenters. The number of nitrogens with zero attached hydrogens (tertiary/aromatic N) is 1. The van der Waals surface area contributed by atoms with E-state index in [-0.39, 0.29) is 5.56 Å². The lowest BCUT2D eigenvalue weighted by atomic mass is 10.2. The van der Waals surface area contributed by atoms with E-state index in [0.717, 1.165) is 8.47 Å². The van der Waals surface area contributed by atoms with Gasteiger partial charge in [-0.05, 0) is 40.8 Å². The lowest BCUT2D eigenvalue weighted by Gasteiger charge is -2.17. The number of likely N-dealkylation sites (N-methyl/N-ethyl adjacent to an activating group) is 1. The van der Waals surface area contributed by atoms with Crippen molar-refractivity contribution in [2.75, 3.05) is 20.1 Å². The fourth-order valence-corrected chi connectivity index (χ4v) is 1.91. The number of carbonyl (C=O) groups excluding carboxylic acids is 2. The third-order valence-electron chi connectivity index (χ3n) is 2.38. The van der Waals surface area contributed by atoms with Crippen LogP contribution in [0.5, 0.6) is 0 Å². The molecular weight excluding hydrogens is 423 g/mol. The van der Waals surface area contributed by atoms with Gasteiger partial charge in [0.2, 0.25) is 5.91 Å². The molecule has 9 heteroatoms. The molecule has 0 spiro atoms. The van der Waals surface area contributed by atoms with Gasteiger partial charge < -0.3 is 10.2 Å². The predicted octanol–water partition coefficient (Wildman–Crippen LogP) is 2.70. The van der Waals surface area contributed by atoms with Gasteiger partial charge in [-0.25, -0.2) is 0 Å². The first-order valence-electron chi connectivity index (χ1n) is 5.64. The third kappa shape index (κ3) is 6.08. The number of nitrogens with one attached hydrogen (secondary N) is 1. The second-order valence-corrected chi connectivity index (χ2v) is 5.75. The van der Waals surface area contributed by atoms with E-state index in [1.807, 2.05) is 22.6 Å². The summed E-state index contributed by atoms with van der Waals surface area (Å²) in [4.78, 5) is 24.4. The topological polar surface area (TPSA) is 49.4 Å². The standard InChI is InChI=1S/C12H11ClF3IN2O2/c1-19(5-10(20)18-6-12(14,15)16)11(21)7-2-3-9(17)8(13)4-7/h2-4H,5-6H2,1H3,(H,18,20). The quantitative estimate of drug-likeness (QED) is 0.741. The molecule has 0 saturated carbocycles. The SMILES string of the molecule is CN(CC(=O)NCC(F)(F)F)C(=O)c1ccc(I)c(Cl)c1. The van der Waals surface area contributed by atoms with E-state index in [9.17, 15) is 22.8 Å². The van der Waals surface area contributed by atoms with Crippen molar-refractivity contribution in [1.82, 2.24) is 10.2 Å². The molecule has 0 saturated heterocycles. The molecule has 0 aliphatic rings. The Kier molecular flexibility index (Phi) is 6.26. The summed E-state index contributed by atoms with van der Waals surface area (Å²) < 4.78 is 36.6. The highest BCUT2D eigenvalue weighted by atomic mass is 127. The molecule has 0 aliphatic heterocycles. The van der Waals surface area contributed by atoms with Crippen LogP contribution in [-0.4, -0.2) is 43.0 Å². The Hall–Kier alpha value is -1.03. The zero-order valence-electron chi connectivity index (χ0n) is 10.8. The number of benzene rings is 1. The van der Waals surface area contributed by atoms with E-state index in [1.54, 1.807) is 11.4 Å². The smallest absolute Gasteiger partial charge is 0.345 e. The van der Waals surface area contributed by atoms with E-state index < -0.39 is 31.1 Å². The van der Waals surface area contributed by atoms with Gasteiger partial charge in [-0.1, -0.05) is 11.6 Å². The summed E-state index contributed by atoms with van der Waals surface area (Å²) in [6.07, 6.45) is -4.48. The van der Waals surface area contributed by atoms with Gasteiger partial charge in [-0.2, -0.15) is 13.2 Å². The average Bonchev–Trinajstić information content (AvgIpc) is 2.38. The van der Waals surface area contributed by atoms with Crippen molar-refractivity contribution in [1.29, 1.82) is 0 Å². The summed E-state index contributed by atoms with van der Waals surface area (Å²) in [6.45, 7) is -1.90. The molecule has 0 aromatic heterocycles. The molecule has 1 N–H and O–H groups in total. The Morgan fingerprint density at radius 1 is 1.38 bits per heavy atom. The Balaban J connectivity index is 2.62. The van der Waals surface area contributed by atoms with E-state index in [2.05, 4.69) is 0 Å². The van der Waals surface area contributed by atoms with Crippen LogP contribution in [0.15, 0.2) is 18.2 Å². The Bertz CT molecular complexity index is 552. The second-order valence-electron chi connectivity index (χ2n) is 4.18. The highest BCUT2D eigenvalue weighted by molar-refractivity contribution is 14.1. The zero-order valence-corrected chi connectivity index (χ0v) is 13.7. The van der Waals surface area contributed by atoms with Crippen molar-refractivity contribution in [3.8, 4) is 0 Å². The van der Waals surface area contributed by atoms with Gasteiger partial charge in [-0.15, -0.1) is 0 Å².